The van der Waals surface area contributed by atoms with E-state index < -0.39 is 0 Å². The Balaban J connectivity index is 1.80. The number of rotatable bonds is 5. The van der Waals surface area contributed by atoms with Gasteiger partial charge in [-0.1, -0.05) is 12.5 Å². The van der Waals surface area contributed by atoms with E-state index in [0.29, 0.717) is 12.2 Å². The van der Waals surface area contributed by atoms with Gasteiger partial charge >= 0.3 is 0 Å². The van der Waals surface area contributed by atoms with E-state index in [1.54, 1.807) is 12.1 Å². The lowest BCUT2D eigenvalue weighted by Gasteiger charge is -2.34. The van der Waals surface area contributed by atoms with Crippen LogP contribution in [-0.2, 0) is 0 Å². The molecule has 0 amide bonds. The van der Waals surface area contributed by atoms with Crippen molar-refractivity contribution in [3.63, 3.8) is 0 Å². The summed E-state index contributed by atoms with van der Waals surface area (Å²) in [4.78, 5) is 2.29. The second kappa shape index (κ2) is 7.13. The van der Waals surface area contributed by atoms with Gasteiger partial charge in [-0.25, -0.2) is 0 Å². The standard InChI is InChI=1S/C15H20N2O2/c16-11-13-4-3-6-15(10-13)19-9-8-17-7-2-1-5-14(17)12-18/h3-4,6,10,14,18H,1-2,5,7-9,12H2. The lowest BCUT2D eigenvalue weighted by Crippen LogP contribution is -2.43. The summed E-state index contributed by atoms with van der Waals surface area (Å²) in [7, 11) is 0. The third-order valence-corrected chi connectivity index (χ3v) is 3.57. The summed E-state index contributed by atoms with van der Waals surface area (Å²) in [6, 6.07) is 9.58. The molecule has 1 atom stereocenters. The summed E-state index contributed by atoms with van der Waals surface area (Å²) < 4.78 is 5.67. The highest BCUT2D eigenvalue weighted by atomic mass is 16.5. The monoisotopic (exact) mass is 260 g/mol. The van der Waals surface area contributed by atoms with Crippen LogP contribution in [0.2, 0.25) is 0 Å². The van der Waals surface area contributed by atoms with Gasteiger partial charge in [0, 0.05) is 12.6 Å². The van der Waals surface area contributed by atoms with Crippen LogP contribution in [-0.4, -0.2) is 42.4 Å². The number of hydrogen-bond donors (Lipinski definition) is 1. The van der Waals surface area contributed by atoms with Crippen molar-refractivity contribution < 1.29 is 9.84 Å². The van der Waals surface area contributed by atoms with Crippen molar-refractivity contribution in [2.75, 3.05) is 26.3 Å². The maximum Gasteiger partial charge on any atom is 0.120 e. The van der Waals surface area contributed by atoms with Gasteiger partial charge in [0.1, 0.15) is 12.4 Å². The first kappa shape index (κ1) is 13.9. The summed E-state index contributed by atoms with van der Waals surface area (Å²) in [5, 5.41) is 18.1. The van der Waals surface area contributed by atoms with E-state index in [9.17, 15) is 5.11 Å². The number of nitrogens with zero attached hydrogens (tertiary/aromatic N) is 2. The van der Waals surface area contributed by atoms with E-state index in [0.717, 1.165) is 25.3 Å². The SMILES string of the molecule is N#Cc1cccc(OCCN2CCCCC2CO)c1. The molecule has 1 aromatic rings. The zero-order valence-corrected chi connectivity index (χ0v) is 11.1. The molecule has 0 spiro atoms. The number of piperidine rings is 1. The van der Waals surface area contributed by atoms with E-state index in [-0.39, 0.29) is 12.6 Å². The highest BCUT2D eigenvalue weighted by molar-refractivity contribution is 5.36. The smallest absolute Gasteiger partial charge is 0.120 e. The normalized spacial score (nSPS) is 19.9. The molecule has 1 heterocycles. The minimum atomic E-state index is 0.226. The molecule has 0 radical (unpaired) electrons. The summed E-state index contributed by atoms with van der Waals surface area (Å²) in [5.41, 5.74) is 0.615. The molecule has 0 saturated carbocycles. The van der Waals surface area contributed by atoms with E-state index in [1.807, 2.05) is 12.1 Å². The van der Waals surface area contributed by atoms with Crippen LogP contribution in [0.3, 0.4) is 0 Å². The third-order valence-electron chi connectivity index (χ3n) is 3.57. The first-order chi connectivity index (χ1) is 9.33. The summed E-state index contributed by atoms with van der Waals surface area (Å²) in [6.07, 6.45) is 3.47. The van der Waals surface area contributed by atoms with Crippen LogP contribution in [0.5, 0.6) is 5.75 Å². The highest BCUT2D eigenvalue weighted by Crippen LogP contribution is 2.17. The Morgan fingerprint density at radius 3 is 3.11 bits per heavy atom. The molecule has 1 saturated heterocycles. The second-order valence-electron chi connectivity index (χ2n) is 4.86. The van der Waals surface area contributed by atoms with Crippen molar-refractivity contribution in [3.8, 4) is 11.8 Å². The first-order valence-corrected chi connectivity index (χ1v) is 6.81. The molecule has 4 heteroatoms. The van der Waals surface area contributed by atoms with Gasteiger partial charge in [0.25, 0.3) is 0 Å². The summed E-state index contributed by atoms with van der Waals surface area (Å²) in [5.74, 6) is 0.733. The van der Waals surface area contributed by atoms with Crippen molar-refractivity contribution in [1.29, 1.82) is 5.26 Å². The van der Waals surface area contributed by atoms with Gasteiger partial charge in [-0.05, 0) is 37.6 Å². The van der Waals surface area contributed by atoms with E-state index >= 15 is 0 Å². The number of aliphatic hydroxyl groups excluding tert-OH is 1. The van der Waals surface area contributed by atoms with Crippen LogP contribution in [0, 0.1) is 11.3 Å². The summed E-state index contributed by atoms with van der Waals surface area (Å²) in [6.45, 7) is 2.67. The minimum absolute atomic E-state index is 0.226. The van der Waals surface area contributed by atoms with Crippen molar-refractivity contribution >= 4 is 0 Å². The average Bonchev–Trinajstić information content (AvgIpc) is 2.48. The molecule has 4 nitrogen and oxygen atoms in total. The van der Waals surface area contributed by atoms with Gasteiger partial charge in [0.05, 0.1) is 18.2 Å². The predicted molar refractivity (Wildman–Crippen MR) is 72.9 cm³/mol. The van der Waals surface area contributed by atoms with Crippen molar-refractivity contribution in [1.82, 2.24) is 4.90 Å². The second-order valence-corrected chi connectivity index (χ2v) is 4.86. The molecule has 0 aliphatic carbocycles. The Morgan fingerprint density at radius 2 is 2.32 bits per heavy atom. The van der Waals surface area contributed by atoms with Crippen molar-refractivity contribution in [2.24, 2.45) is 0 Å². The number of hydrogen-bond acceptors (Lipinski definition) is 4. The molecular formula is C15H20N2O2. The number of benzene rings is 1. The largest absolute Gasteiger partial charge is 0.492 e. The fraction of sp³-hybridized carbons (Fsp3) is 0.533. The molecule has 2 rings (SSSR count). The zero-order chi connectivity index (χ0) is 13.5. The Labute approximate surface area is 114 Å². The summed E-state index contributed by atoms with van der Waals surface area (Å²) >= 11 is 0. The molecule has 1 fully saturated rings. The average molecular weight is 260 g/mol. The van der Waals surface area contributed by atoms with Gasteiger partial charge in [-0.3, -0.25) is 4.90 Å². The third kappa shape index (κ3) is 3.95. The molecule has 1 aliphatic heterocycles. The Morgan fingerprint density at radius 1 is 1.42 bits per heavy atom. The highest BCUT2D eigenvalue weighted by Gasteiger charge is 2.20. The predicted octanol–water partition coefficient (Wildman–Crippen LogP) is 1.78. The van der Waals surface area contributed by atoms with Gasteiger partial charge in [-0.2, -0.15) is 5.26 Å². The lowest BCUT2D eigenvalue weighted by molar-refractivity contribution is 0.0773. The van der Waals surface area contributed by atoms with Crippen LogP contribution in [0.1, 0.15) is 24.8 Å². The van der Waals surface area contributed by atoms with Gasteiger partial charge < -0.3 is 9.84 Å². The Kier molecular flexibility index (Phi) is 5.20. The topological polar surface area (TPSA) is 56.5 Å². The fourth-order valence-electron chi connectivity index (χ4n) is 2.50. The number of nitriles is 1. The minimum Gasteiger partial charge on any atom is -0.492 e. The van der Waals surface area contributed by atoms with E-state index in [2.05, 4.69) is 11.0 Å². The van der Waals surface area contributed by atoms with Crippen LogP contribution in [0.4, 0.5) is 0 Å². The van der Waals surface area contributed by atoms with E-state index in [4.69, 9.17) is 10.00 Å². The first-order valence-electron chi connectivity index (χ1n) is 6.81. The zero-order valence-electron chi connectivity index (χ0n) is 11.1. The maximum absolute atomic E-state index is 9.33. The fourth-order valence-corrected chi connectivity index (χ4v) is 2.50. The molecule has 0 bridgehead atoms. The molecule has 1 unspecified atom stereocenters. The Hall–Kier alpha value is -1.57. The number of aliphatic hydroxyl groups is 1. The van der Waals surface area contributed by atoms with Crippen molar-refractivity contribution in [3.05, 3.63) is 29.8 Å². The lowest BCUT2D eigenvalue weighted by atomic mass is 10.0. The van der Waals surface area contributed by atoms with Gasteiger partial charge in [-0.15, -0.1) is 0 Å². The quantitative estimate of drug-likeness (QED) is 0.877. The van der Waals surface area contributed by atoms with Crippen molar-refractivity contribution in [2.45, 2.75) is 25.3 Å². The molecule has 102 valence electrons. The molecular weight excluding hydrogens is 240 g/mol. The van der Waals surface area contributed by atoms with Crippen LogP contribution in [0.25, 0.3) is 0 Å². The number of ether oxygens (including phenoxy) is 1. The van der Waals surface area contributed by atoms with E-state index in [1.165, 1.54) is 12.8 Å². The Bertz CT molecular complexity index is 442. The van der Waals surface area contributed by atoms with Gasteiger partial charge in [0.2, 0.25) is 0 Å². The van der Waals surface area contributed by atoms with Crippen LogP contribution >= 0.6 is 0 Å². The molecule has 19 heavy (non-hydrogen) atoms. The van der Waals surface area contributed by atoms with Gasteiger partial charge in [0.15, 0.2) is 0 Å². The number of likely N-dealkylation sites (tertiary alicyclic amines) is 1. The molecule has 0 aromatic heterocycles. The molecule has 1 aromatic carbocycles. The molecule has 1 N–H and O–H groups in total. The van der Waals surface area contributed by atoms with Crippen LogP contribution < -0.4 is 4.74 Å². The maximum atomic E-state index is 9.33. The molecule has 1 aliphatic rings. The van der Waals surface area contributed by atoms with Crippen LogP contribution in [0.15, 0.2) is 24.3 Å².